The molecule has 0 saturated heterocycles. The van der Waals surface area contributed by atoms with Gasteiger partial charge in [-0.1, -0.05) is 13.0 Å². The van der Waals surface area contributed by atoms with Crippen LogP contribution in [0.2, 0.25) is 0 Å². The van der Waals surface area contributed by atoms with Crippen LogP contribution in [-0.4, -0.2) is 16.5 Å². The zero-order valence-corrected chi connectivity index (χ0v) is 11.3. The van der Waals surface area contributed by atoms with Gasteiger partial charge in [0.1, 0.15) is 0 Å². The standard InChI is InChI=1S/C14H15F2N3O/c1-3-6-17-14-18-8-11(16)13(19-14)20-12-7-9(2)4-5-10(12)15/h4-5,7-8H,3,6H2,1-2H3,(H,17,18,19). The van der Waals surface area contributed by atoms with Crippen LogP contribution in [0.1, 0.15) is 18.9 Å². The van der Waals surface area contributed by atoms with Crippen molar-refractivity contribution in [2.24, 2.45) is 0 Å². The van der Waals surface area contributed by atoms with E-state index in [0.717, 1.165) is 18.2 Å². The molecule has 1 aromatic heterocycles. The molecule has 0 unspecified atom stereocenters. The van der Waals surface area contributed by atoms with Crippen molar-refractivity contribution in [2.45, 2.75) is 20.3 Å². The van der Waals surface area contributed by atoms with Gasteiger partial charge >= 0.3 is 0 Å². The van der Waals surface area contributed by atoms with Crippen LogP contribution in [0.5, 0.6) is 11.6 Å². The second-order valence-corrected chi connectivity index (χ2v) is 4.31. The Morgan fingerprint density at radius 3 is 2.80 bits per heavy atom. The Labute approximate surface area is 115 Å². The number of ether oxygens (including phenoxy) is 1. The fourth-order valence-electron chi connectivity index (χ4n) is 1.54. The molecule has 1 N–H and O–H groups in total. The Hall–Kier alpha value is -2.24. The van der Waals surface area contributed by atoms with Gasteiger partial charge in [0.15, 0.2) is 11.6 Å². The summed E-state index contributed by atoms with van der Waals surface area (Å²) in [4.78, 5) is 7.68. The molecular formula is C14H15F2N3O. The normalized spacial score (nSPS) is 10.4. The Kier molecular flexibility index (Phi) is 4.45. The van der Waals surface area contributed by atoms with Crippen LogP contribution in [0.25, 0.3) is 0 Å². The Balaban J connectivity index is 2.25. The molecule has 0 amide bonds. The predicted molar refractivity (Wildman–Crippen MR) is 72.0 cm³/mol. The van der Waals surface area contributed by atoms with Gasteiger partial charge in [-0.25, -0.2) is 9.37 Å². The van der Waals surface area contributed by atoms with Crippen LogP contribution >= 0.6 is 0 Å². The molecule has 0 fully saturated rings. The van der Waals surface area contributed by atoms with E-state index < -0.39 is 11.6 Å². The Bertz CT molecular complexity index is 605. The lowest BCUT2D eigenvalue weighted by Gasteiger charge is -2.09. The van der Waals surface area contributed by atoms with Gasteiger partial charge in [0.05, 0.1) is 6.20 Å². The van der Waals surface area contributed by atoms with E-state index in [0.29, 0.717) is 6.54 Å². The molecule has 1 aromatic carbocycles. The minimum atomic E-state index is -0.743. The number of rotatable bonds is 5. The summed E-state index contributed by atoms with van der Waals surface area (Å²) in [6.45, 7) is 4.43. The molecule has 0 saturated carbocycles. The molecule has 0 aliphatic carbocycles. The summed E-state index contributed by atoms with van der Waals surface area (Å²) in [5.74, 6) is -1.44. The highest BCUT2D eigenvalue weighted by Gasteiger charge is 2.12. The minimum absolute atomic E-state index is 0.0657. The maximum atomic E-state index is 13.6. The topological polar surface area (TPSA) is 47.0 Å². The number of nitrogens with one attached hydrogen (secondary N) is 1. The lowest BCUT2D eigenvalue weighted by molar-refractivity contribution is 0.396. The zero-order chi connectivity index (χ0) is 14.5. The van der Waals surface area contributed by atoms with Crippen LogP contribution < -0.4 is 10.1 Å². The second-order valence-electron chi connectivity index (χ2n) is 4.31. The molecule has 0 bridgehead atoms. The highest BCUT2D eigenvalue weighted by molar-refractivity contribution is 5.35. The summed E-state index contributed by atoms with van der Waals surface area (Å²) in [6, 6.07) is 4.35. The number of hydrogen-bond acceptors (Lipinski definition) is 4. The van der Waals surface area contributed by atoms with Crippen LogP contribution in [-0.2, 0) is 0 Å². The van der Waals surface area contributed by atoms with Crippen molar-refractivity contribution in [1.29, 1.82) is 0 Å². The van der Waals surface area contributed by atoms with Crippen LogP contribution in [0.4, 0.5) is 14.7 Å². The van der Waals surface area contributed by atoms with Crippen molar-refractivity contribution in [1.82, 2.24) is 9.97 Å². The lowest BCUT2D eigenvalue weighted by atomic mass is 10.2. The number of anilines is 1. The van der Waals surface area contributed by atoms with E-state index in [1.807, 2.05) is 6.92 Å². The molecule has 106 valence electrons. The number of aryl methyl sites for hydroxylation is 1. The highest BCUT2D eigenvalue weighted by Crippen LogP contribution is 2.26. The first-order chi connectivity index (χ1) is 9.60. The molecule has 4 nitrogen and oxygen atoms in total. The van der Waals surface area contributed by atoms with E-state index in [4.69, 9.17) is 4.74 Å². The first-order valence-corrected chi connectivity index (χ1v) is 6.30. The molecule has 2 aromatic rings. The molecule has 0 atom stereocenters. The van der Waals surface area contributed by atoms with E-state index in [9.17, 15) is 8.78 Å². The van der Waals surface area contributed by atoms with Crippen molar-refractivity contribution < 1.29 is 13.5 Å². The molecule has 0 radical (unpaired) electrons. The predicted octanol–water partition coefficient (Wildman–Crippen LogP) is 3.68. The highest BCUT2D eigenvalue weighted by atomic mass is 19.1. The third-order valence-corrected chi connectivity index (χ3v) is 2.54. The molecule has 0 aliphatic rings. The maximum Gasteiger partial charge on any atom is 0.260 e. The van der Waals surface area contributed by atoms with Gasteiger partial charge in [-0.2, -0.15) is 9.37 Å². The summed E-state index contributed by atoms with van der Waals surface area (Å²) in [7, 11) is 0. The van der Waals surface area contributed by atoms with Gasteiger partial charge in [0, 0.05) is 6.54 Å². The van der Waals surface area contributed by atoms with E-state index in [-0.39, 0.29) is 17.6 Å². The molecule has 0 spiro atoms. The summed E-state index contributed by atoms with van der Waals surface area (Å²) >= 11 is 0. The third-order valence-electron chi connectivity index (χ3n) is 2.54. The van der Waals surface area contributed by atoms with Crippen LogP contribution in [0.3, 0.4) is 0 Å². The average molecular weight is 279 g/mol. The molecular weight excluding hydrogens is 264 g/mol. The lowest BCUT2D eigenvalue weighted by Crippen LogP contribution is -2.06. The monoisotopic (exact) mass is 279 g/mol. The molecule has 2 rings (SSSR count). The van der Waals surface area contributed by atoms with Crippen molar-refractivity contribution >= 4 is 5.95 Å². The van der Waals surface area contributed by atoms with Crippen LogP contribution in [0, 0.1) is 18.6 Å². The molecule has 6 heteroatoms. The smallest absolute Gasteiger partial charge is 0.260 e. The number of benzene rings is 1. The maximum absolute atomic E-state index is 13.6. The second kappa shape index (κ2) is 6.27. The number of hydrogen-bond donors (Lipinski definition) is 1. The first-order valence-electron chi connectivity index (χ1n) is 6.30. The largest absolute Gasteiger partial charge is 0.433 e. The van der Waals surface area contributed by atoms with E-state index in [1.54, 1.807) is 13.0 Å². The van der Waals surface area contributed by atoms with Crippen molar-refractivity contribution in [3.8, 4) is 11.6 Å². The van der Waals surface area contributed by atoms with Gasteiger partial charge in [-0.15, -0.1) is 0 Å². The number of aromatic nitrogens is 2. The fraction of sp³-hybridized carbons (Fsp3) is 0.286. The van der Waals surface area contributed by atoms with Crippen molar-refractivity contribution in [3.63, 3.8) is 0 Å². The van der Waals surface area contributed by atoms with Gasteiger partial charge < -0.3 is 10.1 Å². The van der Waals surface area contributed by atoms with E-state index in [1.165, 1.54) is 12.1 Å². The Morgan fingerprint density at radius 2 is 2.05 bits per heavy atom. The quantitative estimate of drug-likeness (QED) is 0.907. The Morgan fingerprint density at radius 1 is 1.25 bits per heavy atom. The van der Waals surface area contributed by atoms with Gasteiger partial charge in [-0.3, -0.25) is 0 Å². The SMILES string of the molecule is CCCNc1ncc(F)c(Oc2cc(C)ccc2F)n1. The van der Waals surface area contributed by atoms with Crippen LogP contribution in [0.15, 0.2) is 24.4 Å². The minimum Gasteiger partial charge on any atom is -0.433 e. The van der Waals surface area contributed by atoms with E-state index in [2.05, 4.69) is 15.3 Å². The van der Waals surface area contributed by atoms with Crippen molar-refractivity contribution in [2.75, 3.05) is 11.9 Å². The zero-order valence-electron chi connectivity index (χ0n) is 11.3. The van der Waals surface area contributed by atoms with Crippen molar-refractivity contribution in [3.05, 3.63) is 41.6 Å². The summed E-state index contributed by atoms with van der Waals surface area (Å²) in [6.07, 6.45) is 1.87. The first kappa shape index (κ1) is 14.2. The fourth-order valence-corrected chi connectivity index (χ4v) is 1.54. The van der Waals surface area contributed by atoms with Gasteiger partial charge in [0.2, 0.25) is 11.8 Å². The summed E-state index contributed by atoms with van der Waals surface area (Å²) in [5.41, 5.74) is 0.806. The summed E-state index contributed by atoms with van der Waals surface area (Å²) < 4.78 is 32.4. The average Bonchev–Trinajstić information content (AvgIpc) is 2.43. The third kappa shape index (κ3) is 3.40. The molecule has 1 heterocycles. The van der Waals surface area contributed by atoms with E-state index >= 15 is 0 Å². The number of nitrogens with zero attached hydrogens (tertiary/aromatic N) is 2. The molecule has 20 heavy (non-hydrogen) atoms. The molecule has 0 aliphatic heterocycles. The summed E-state index contributed by atoms with van der Waals surface area (Å²) in [5, 5.41) is 2.91. The van der Waals surface area contributed by atoms with Gasteiger partial charge in [0.25, 0.3) is 5.88 Å². The van der Waals surface area contributed by atoms with Gasteiger partial charge in [-0.05, 0) is 31.0 Å². The number of halogens is 2.